The van der Waals surface area contributed by atoms with Crippen molar-refractivity contribution in [1.82, 2.24) is 4.90 Å². The summed E-state index contributed by atoms with van der Waals surface area (Å²) in [6.45, 7) is 7.31. The molecule has 1 heterocycles. The van der Waals surface area contributed by atoms with Crippen LogP contribution in [-0.4, -0.2) is 38.2 Å². The summed E-state index contributed by atoms with van der Waals surface area (Å²) >= 11 is 0. The van der Waals surface area contributed by atoms with Crippen LogP contribution in [0.1, 0.15) is 55.8 Å². The Balaban J connectivity index is 1.89. The Morgan fingerprint density at radius 3 is 2.34 bits per heavy atom. The van der Waals surface area contributed by atoms with Gasteiger partial charge in [0.2, 0.25) is 5.91 Å². The molecule has 2 aromatic rings. The van der Waals surface area contributed by atoms with Crippen LogP contribution in [0.3, 0.4) is 0 Å². The molecule has 0 unspecified atom stereocenters. The summed E-state index contributed by atoms with van der Waals surface area (Å²) in [5.41, 5.74) is 3.51. The monoisotopic (exact) mass is 397 g/mol. The summed E-state index contributed by atoms with van der Waals surface area (Å²) in [6, 6.07) is 12.0. The Labute approximate surface area is 173 Å². The van der Waals surface area contributed by atoms with Crippen LogP contribution in [0.15, 0.2) is 36.4 Å². The molecular formula is C24H31NO4. The maximum atomic E-state index is 12.6. The van der Waals surface area contributed by atoms with Gasteiger partial charge < -0.3 is 19.1 Å². The van der Waals surface area contributed by atoms with Gasteiger partial charge in [0.15, 0.2) is 11.5 Å². The van der Waals surface area contributed by atoms with Crippen molar-refractivity contribution in [3.63, 3.8) is 0 Å². The third-order valence-corrected chi connectivity index (χ3v) is 5.58. The maximum Gasteiger partial charge on any atom is 0.222 e. The number of hydrogen-bond acceptors (Lipinski definition) is 4. The van der Waals surface area contributed by atoms with E-state index < -0.39 is 0 Å². The molecule has 2 aromatic carbocycles. The number of hydrogen-bond donors (Lipinski definition) is 0. The van der Waals surface area contributed by atoms with E-state index in [1.165, 1.54) is 11.1 Å². The molecule has 0 bridgehead atoms. The van der Waals surface area contributed by atoms with Crippen LogP contribution in [0.2, 0.25) is 0 Å². The number of fused-ring (bicyclic) bond motifs is 1. The first-order chi connectivity index (χ1) is 14.0. The Bertz CT molecular complexity index is 845. The van der Waals surface area contributed by atoms with Crippen molar-refractivity contribution in [3.8, 4) is 17.2 Å². The zero-order valence-corrected chi connectivity index (χ0v) is 18.0. The van der Waals surface area contributed by atoms with Gasteiger partial charge >= 0.3 is 0 Å². The second-order valence-corrected chi connectivity index (χ2v) is 7.65. The van der Waals surface area contributed by atoms with Gasteiger partial charge in [0.25, 0.3) is 0 Å². The van der Waals surface area contributed by atoms with E-state index >= 15 is 0 Å². The maximum absolute atomic E-state index is 12.6. The highest BCUT2D eigenvalue weighted by molar-refractivity contribution is 5.77. The smallest absolute Gasteiger partial charge is 0.222 e. The third-order valence-electron chi connectivity index (χ3n) is 5.58. The van der Waals surface area contributed by atoms with Crippen LogP contribution in [-0.2, 0) is 11.2 Å². The fourth-order valence-electron chi connectivity index (χ4n) is 3.83. The van der Waals surface area contributed by atoms with Crippen LogP contribution < -0.4 is 14.2 Å². The number of carbonyl (C=O) groups is 1. The van der Waals surface area contributed by atoms with Gasteiger partial charge in [-0.05, 0) is 53.3 Å². The van der Waals surface area contributed by atoms with Gasteiger partial charge in [-0.25, -0.2) is 0 Å². The normalized spacial score (nSPS) is 15.8. The number of amides is 1. The first-order valence-corrected chi connectivity index (χ1v) is 10.3. The molecule has 0 aliphatic carbocycles. The molecule has 0 fully saturated rings. The number of methoxy groups -OCH3 is 2. The lowest BCUT2D eigenvalue weighted by molar-refractivity contribution is -0.134. The molecule has 0 saturated heterocycles. The van der Waals surface area contributed by atoms with E-state index in [2.05, 4.69) is 26.0 Å². The van der Waals surface area contributed by atoms with E-state index in [-0.39, 0.29) is 11.9 Å². The minimum Gasteiger partial charge on any atom is -0.493 e. The summed E-state index contributed by atoms with van der Waals surface area (Å²) in [4.78, 5) is 14.5. The predicted molar refractivity (Wildman–Crippen MR) is 114 cm³/mol. The third kappa shape index (κ3) is 4.50. The van der Waals surface area contributed by atoms with Crippen LogP contribution in [0.25, 0.3) is 0 Å². The SMILES string of the molecule is CCC(=O)N1CCc2cc(OC)c(OC)cc2[C@@H]1COc1ccc(C(C)C)cc1. The zero-order valence-electron chi connectivity index (χ0n) is 18.0. The van der Waals surface area contributed by atoms with Crippen molar-refractivity contribution >= 4 is 5.91 Å². The molecule has 0 saturated carbocycles. The second-order valence-electron chi connectivity index (χ2n) is 7.65. The summed E-state index contributed by atoms with van der Waals surface area (Å²) in [5, 5.41) is 0. The fraction of sp³-hybridized carbons (Fsp3) is 0.458. The fourth-order valence-corrected chi connectivity index (χ4v) is 3.83. The van der Waals surface area contributed by atoms with Gasteiger partial charge in [-0.15, -0.1) is 0 Å². The quantitative estimate of drug-likeness (QED) is 0.677. The first-order valence-electron chi connectivity index (χ1n) is 10.3. The molecule has 5 nitrogen and oxygen atoms in total. The Hall–Kier alpha value is -2.69. The summed E-state index contributed by atoms with van der Waals surface area (Å²) in [6.07, 6.45) is 1.27. The van der Waals surface area contributed by atoms with Crippen LogP contribution >= 0.6 is 0 Å². The van der Waals surface area contributed by atoms with Crippen molar-refractivity contribution < 1.29 is 19.0 Å². The summed E-state index contributed by atoms with van der Waals surface area (Å²) in [7, 11) is 3.27. The topological polar surface area (TPSA) is 48.0 Å². The van der Waals surface area contributed by atoms with Crippen LogP contribution in [0.5, 0.6) is 17.2 Å². The number of carbonyl (C=O) groups excluding carboxylic acids is 1. The minimum absolute atomic E-state index is 0.134. The lowest BCUT2D eigenvalue weighted by atomic mass is 9.92. The molecule has 0 radical (unpaired) electrons. The van der Waals surface area contributed by atoms with Gasteiger partial charge in [-0.1, -0.05) is 32.9 Å². The average molecular weight is 398 g/mol. The van der Waals surface area contributed by atoms with E-state index in [0.29, 0.717) is 37.0 Å². The Morgan fingerprint density at radius 1 is 1.10 bits per heavy atom. The molecule has 5 heteroatoms. The number of ether oxygens (including phenoxy) is 3. The van der Waals surface area contributed by atoms with E-state index in [1.54, 1.807) is 14.2 Å². The summed E-state index contributed by atoms with van der Waals surface area (Å²) < 4.78 is 17.1. The van der Waals surface area contributed by atoms with Crippen molar-refractivity contribution in [1.29, 1.82) is 0 Å². The molecule has 156 valence electrons. The second kappa shape index (κ2) is 9.21. The van der Waals surface area contributed by atoms with Crippen LogP contribution in [0, 0.1) is 0 Å². The molecular weight excluding hydrogens is 366 g/mol. The van der Waals surface area contributed by atoms with Crippen molar-refractivity contribution in [2.24, 2.45) is 0 Å². The molecule has 0 spiro atoms. The highest BCUT2D eigenvalue weighted by Crippen LogP contribution is 2.38. The van der Waals surface area contributed by atoms with E-state index in [0.717, 1.165) is 17.7 Å². The Morgan fingerprint density at radius 2 is 1.76 bits per heavy atom. The number of rotatable bonds is 7. The molecule has 29 heavy (non-hydrogen) atoms. The highest BCUT2D eigenvalue weighted by atomic mass is 16.5. The van der Waals surface area contributed by atoms with Gasteiger partial charge in [0.05, 0.1) is 20.3 Å². The van der Waals surface area contributed by atoms with Crippen molar-refractivity contribution in [2.45, 2.75) is 45.6 Å². The molecule has 0 N–H and O–H groups in total. The molecule has 1 aliphatic heterocycles. The lowest BCUT2D eigenvalue weighted by Gasteiger charge is -2.37. The Kier molecular flexibility index (Phi) is 6.68. The standard InChI is InChI=1S/C24H31NO4/c1-6-24(26)25-12-11-18-13-22(27-4)23(28-5)14-20(18)21(25)15-29-19-9-7-17(8-10-19)16(2)3/h7-10,13-14,16,21H,6,11-12,15H2,1-5H3/t21-/m0/s1. The van der Waals surface area contributed by atoms with Crippen molar-refractivity contribution in [2.75, 3.05) is 27.4 Å². The minimum atomic E-state index is -0.157. The first kappa shape index (κ1) is 21.0. The summed E-state index contributed by atoms with van der Waals surface area (Å²) in [5.74, 6) is 2.81. The molecule has 0 aromatic heterocycles. The number of benzene rings is 2. The van der Waals surface area contributed by atoms with Gasteiger partial charge in [-0.3, -0.25) is 4.79 Å². The average Bonchev–Trinajstić information content (AvgIpc) is 2.75. The molecule has 1 atom stereocenters. The largest absolute Gasteiger partial charge is 0.493 e. The molecule has 1 aliphatic rings. The van der Waals surface area contributed by atoms with Crippen molar-refractivity contribution in [3.05, 3.63) is 53.1 Å². The molecule has 1 amide bonds. The highest BCUT2D eigenvalue weighted by Gasteiger charge is 2.32. The van der Waals surface area contributed by atoms with Gasteiger partial charge in [0, 0.05) is 13.0 Å². The predicted octanol–water partition coefficient (Wildman–Crippen LogP) is 4.74. The van der Waals surface area contributed by atoms with E-state index in [9.17, 15) is 4.79 Å². The van der Waals surface area contributed by atoms with Gasteiger partial charge in [0.1, 0.15) is 12.4 Å². The lowest BCUT2D eigenvalue weighted by Crippen LogP contribution is -2.42. The molecule has 3 rings (SSSR count). The van der Waals surface area contributed by atoms with Gasteiger partial charge in [-0.2, -0.15) is 0 Å². The van der Waals surface area contributed by atoms with E-state index in [1.807, 2.05) is 36.1 Å². The van der Waals surface area contributed by atoms with Crippen LogP contribution in [0.4, 0.5) is 0 Å². The van der Waals surface area contributed by atoms with E-state index in [4.69, 9.17) is 14.2 Å². The zero-order chi connectivity index (χ0) is 21.0. The number of nitrogens with zero attached hydrogens (tertiary/aromatic N) is 1.